The van der Waals surface area contributed by atoms with Crippen molar-refractivity contribution in [3.8, 4) is 0 Å². The van der Waals surface area contributed by atoms with Crippen LogP contribution in [0.1, 0.15) is 25.0 Å². The highest BCUT2D eigenvalue weighted by Crippen LogP contribution is 2.17. The molecule has 0 fully saturated rings. The average molecular weight is 229 g/mol. The average Bonchev–Trinajstić information content (AvgIpc) is 2.22. The molecular formula is C12H17F2NO. The second-order valence-electron chi connectivity index (χ2n) is 3.95. The number of hydrogen-bond donors (Lipinski definition) is 1. The van der Waals surface area contributed by atoms with Crippen LogP contribution in [0.4, 0.5) is 8.78 Å². The largest absolute Gasteiger partial charge is 0.387 e. The molecule has 0 bridgehead atoms. The van der Waals surface area contributed by atoms with Gasteiger partial charge in [0.05, 0.1) is 6.10 Å². The minimum absolute atomic E-state index is 0.404. The van der Waals surface area contributed by atoms with Crippen molar-refractivity contribution in [2.45, 2.75) is 19.4 Å². The van der Waals surface area contributed by atoms with Crippen LogP contribution in [0.15, 0.2) is 18.2 Å². The van der Waals surface area contributed by atoms with E-state index in [1.165, 1.54) is 6.07 Å². The lowest BCUT2D eigenvalue weighted by Gasteiger charge is -2.20. The second-order valence-corrected chi connectivity index (χ2v) is 3.95. The second kappa shape index (κ2) is 5.92. The van der Waals surface area contributed by atoms with Crippen molar-refractivity contribution in [1.29, 1.82) is 0 Å². The van der Waals surface area contributed by atoms with Crippen molar-refractivity contribution in [2.75, 3.05) is 20.1 Å². The lowest BCUT2D eigenvalue weighted by Crippen LogP contribution is -2.25. The highest BCUT2D eigenvalue weighted by atomic mass is 19.2. The molecule has 1 unspecified atom stereocenters. The molecule has 90 valence electrons. The van der Waals surface area contributed by atoms with E-state index in [0.717, 1.165) is 25.1 Å². The van der Waals surface area contributed by atoms with Crippen molar-refractivity contribution < 1.29 is 13.9 Å². The maximum atomic E-state index is 12.9. The molecule has 1 aromatic rings. The summed E-state index contributed by atoms with van der Waals surface area (Å²) in [6.45, 7) is 3.32. The number of benzene rings is 1. The van der Waals surface area contributed by atoms with E-state index in [-0.39, 0.29) is 0 Å². The van der Waals surface area contributed by atoms with Gasteiger partial charge in [-0.15, -0.1) is 0 Å². The van der Waals surface area contributed by atoms with Gasteiger partial charge in [0.1, 0.15) is 0 Å². The topological polar surface area (TPSA) is 23.5 Å². The molecule has 0 heterocycles. The molecule has 0 amide bonds. The molecule has 1 N–H and O–H groups in total. The Hall–Kier alpha value is -1.00. The first-order valence-corrected chi connectivity index (χ1v) is 5.36. The number of rotatable bonds is 5. The number of aliphatic hydroxyl groups is 1. The predicted octanol–water partition coefficient (Wildman–Crippen LogP) is 2.34. The van der Waals surface area contributed by atoms with E-state index < -0.39 is 17.7 Å². The van der Waals surface area contributed by atoms with E-state index in [1.54, 1.807) is 0 Å². The maximum Gasteiger partial charge on any atom is 0.159 e. The van der Waals surface area contributed by atoms with E-state index in [2.05, 4.69) is 0 Å². The summed E-state index contributed by atoms with van der Waals surface area (Å²) in [5.41, 5.74) is 0.404. The zero-order valence-electron chi connectivity index (χ0n) is 9.58. The summed E-state index contributed by atoms with van der Waals surface area (Å²) < 4.78 is 25.6. The molecule has 0 spiro atoms. The Kier molecular flexibility index (Phi) is 4.83. The number of nitrogens with zero attached hydrogens (tertiary/aromatic N) is 1. The van der Waals surface area contributed by atoms with Crippen LogP contribution in [-0.2, 0) is 0 Å². The Bertz CT molecular complexity index is 344. The molecule has 0 aliphatic heterocycles. The minimum atomic E-state index is -0.922. The molecule has 1 aromatic carbocycles. The fraction of sp³-hybridized carbons (Fsp3) is 0.500. The normalized spacial score (nSPS) is 13.1. The highest BCUT2D eigenvalue weighted by molar-refractivity contribution is 5.20. The molecule has 1 atom stereocenters. The quantitative estimate of drug-likeness (QED) is 0.837. The van der Waals surface area contributed by atoms with Crippen LogP contribution in [-0.4, -0.2) is 30.1 Å². The van der Waals surface area contributed by atoms with Gasteiger partial charge >= 0.3 is 0 Å². The highest BCUT2D eigenvalue weighted by Gasteiger charge is 2.12. The SMILES string of the molecule is CCCN(C)CC(O)c1ccc(F)c(F)c1. The van der Waals surface area contributed by atoms with E-state index >= 15 is 0 Å². The van der Waals surface area contributed by atoms with Crippen molar-refractivity contribution in [3.05, 3.63) is 35.4 Å². The van der Waals surface area contributed by atoms with Crippen molar-refractivity contribution in [3.63, 3.8) is 0 Å². The van der Waals surface area contributed by atoms with Gasteiger partial charge in [0.25, 0.3) is 0 Å². The lowest BCUT2D eigenvalue weighted by molar-refractivity contribution is 0.126. The number of halogens is 2. The van der Waals surface area contributed by atoms with Gasteiger partial charge in [0.15, 0.2) is 11.6 Å². The van der Waals surface area contributed by atoms with Gasteiger partial charge in [-0.2, -0.15) is 0 Å². The van der Waals surface area contributed by atoms with Gasteiger partial charge in [-0.05, 0) is 37.7 Å². The first-order valence-electron chi connectivity index (χ1n) is 5.36. The molecule has 0 radical (unpaired) electrons. The summed E-state index contributed by atoms with van der Waals surface area (Å²) in [7, 11) is 1.88. The van der Waals surface area contributed by atoms with Crippen LogP contribution in [0.25, 0.3) is 0 Å². The summed E-state index contributed by atoms with van der Waals surface area (Å²) in [5.74, 6) is -1.81. The molecule has 2 nitrogen and oxygen atoms in total. The Morgan fingerprint density at radius 1 is 1.31 bits per heavy atom. The molecule has 0 aromatic heterocycles. The van der Waals surface area contributed by atoms with Crippen molar-refractivity contribution >= 4 is 0 Å². The van der Waals surface area contributed by atoms with E-state index in [9.17, 15) is 13.9 Å². The number of hydrogen-bond acceptors (Lipinski definition) is 2. The number of aliphatic hydroxyl groups excluding tert-OH is 1. The summed E-state index contributed by atoms with van der Waals surface area (Å²) in [4.78, 5) is 1.95. The van der Waals surface area contributed by atoms with E-state index in [1.807, 2.05) is 18.9 Å². The summed E-state index contributed by atoms with van der Waals surface area (Å²) in [6, 6.07) is 3.48. The van der Waals surface area contributed by atoms with Crippen molar-refractivity contribution in [1.82, 2.24) is 4.90 Å². The standard InChI is InChI=1S/C12H17F2NO/c1-3-6-15(2)8-12(16)9-4-5-10(13)11(14)7-9/h4-5,7,12,16H,3,6,8H2,1-2H3. The lowest BCUT2D eigenvalue weighted by atomic mass is 10.1. The molecule has 0 saturated heterocycles. The summed E-state index contributed by atoms with van der Waals surface area (Å²) >= 11 is 0. The van der Waals surface area contributed by atoms with Crippen LogP contribution in [0.2, 0.25) is 0 Å². The summed E-state index contributed by atoms with van der Waals surface area (Å²) in [5, 5.41) is 9.80. The fourth-order valence-electron chi connectivity index (χ4n) is 1.59. The number of likely N-dealkylation sites (N-methyl/N-ethyl adjacent to an activating group) is 1. The first kappa shape index (κ1) is 13.1. The molecule has 4 heteroatoms. The van der Waals surface area contributed by atoms with Crippen LogP contribution in [0.5, 0.6) is 0 Å². The third kappa shape index (κ3) is 3.54. The molecule has 16 heavy (non-hydrogen) atoms. The first-order chi connectivity index (χ1) is 7.54. The summed E-state index contributed by atoms with van der Waals surface area (Å²) in [6.07, 6.45) is 0.202. The zero-order valence-corrected chi connectivity index (χ0v) is 9.58. The Morgan fingerprint density at radius 3 is 2.56 bits per heavy atom. The fourth-order valence-corrected chi connectivity index (χ4v) is 1.59. The molecular weight excluding hydrogens is 212 g/mol. The van der Waals surface area contributed by atoms with Gasteiger partial charge in [-0.1, -0.05) is 13.0 Å². The van der Waals surface area contributed by atoms with E-state index in [4.69, 9.17) is 0 Å². The molecule has 0 saturated carbocycles. The van der Waals surface area contributed by atoms with Gasteiger partial charge in [-0.25, -0.2) is 8.78 Å². The predicted molar refractivity (Wildman–Crippen MR) is 59.1 cm³/mol. The van der Waals surface area contributed by atoms with Gasteiger partial charge in [0, 0.05) is 6.54 Å². The van der Waals surface area contributed by atoms with Crippen LogP contribution in [0, 0.1) is 11.6 Å². The monoisotopic (exact) mass is 229 g/mol. The smallest absolute Gasteiger partial charge is 0.159 e. The van der Waals surface area contributed by atoms with Crippen LogP contribution >= 0.6 is 0 Å². The van der Waals surface area contributed by atoms with Gasteiger partial charge < -0.3 is 10.0 Å². The maximum absolute atomic E-state index is 12.9. The van der Waals surface area contributed by atoms with Crippen LogP contribution < -0.4 is 0 Å². The van der Waals surface area contributed by atoms with Gasteiger partial charge in [-0.3, -0.25) is 0 Å². The molecule has 0 aliphatic carbocycles. The Balaban J connectivity index is 2.65. The van der Waals surface area contributed by atoms with E-state index in [0.29, 0.717) is 12.1 Å². The molecule has 0 aliphatic rings. The zero-order chi connectivity index (χ0) is 12.1. The van der Waals surface area contributed by atoms with Gasteiger partial charge in [0.2, 0.25) is 0 Å². The Morgan fingerprint density at radius 2 is 2.00 bits per heavy atom. The molecule has 1 rings (SSSR count). The third-order valence-corrected chi connectivity index (χ3v) is 2.42. The minimum Gasteiger partial charge on any atom is -0.387 e. The van der Waals surface area contributed by atoms with Crippen molar-refractivity contribution in [2.24, 2.45) is 0 Å². The Labute approximate surface area is 94.5 Å². The van der Waals surface area contributed by atoms with Crippen LogP contribution in [0.3, 0.4) is 0 Å². The third-order valence-electron chi connectivity index (χ3n) is 2.42.